The molecule has 0 radical (unpaired) electrons. The van der Waals surface area contributed by atoms with Gasteiger partial charge in [-0.25, -0.2) is 0 Å². The maximum Gasteiger partial charge on any atom is 6.00 e. The summed E-state index contributed by atoms with van der Waals surface area (Å²) in [5.74, 6) is 1.21. The Morgan fingerprint density at radius 2 is 0.258 bits per heavy atom. The van der Waals surface area contributed by atoms with Crippen LogP contribution in [-0.2, 0) is 59.6 Å². The van der Waals surface area contributed by atoms with Crippen molar-refractivity contribution in [2.75, 3.05) is 0 Å². The van der Waals surface area contributed by atoms with Crippen LogP contribution in [0.5, 0.6) is 34.5 Å². The van der Waals surface area contributed by atoms with E-state index >= 15 is 0 Å². The minimum Gasteiger partial charge on any atom is -0.872 e. The number of benzene rings is 6. The molecule has 0 saturated heterocycles. The molecule has 7 heteroatoms. The normalized spacial score (nSPS) is 10.5. The number of hydrogen-bond donors (Lipinski definition) is 0. The van der Waals surface area contributed by atoms with Crippen molar-refractivity contribution in [2.45, 2.75) is 350 Å². The van der Waals surface area contributed by atoms with Gasteiger partial charge in [-0.05, 0) is 77.0 Å². The van der Waals surface area contributed by atoms with Crippen LogP contribution in [0.3, 0.4) is 0 Å². The number of hydrogen-bond acceptors (Lipinski definition) is 6. The molecular weight excluding hydrogens is 1270 g/mol. The molecular formula is C90H138MoO6. The van der Waals surface area contributed by atoms with Gasteiger partial charge in [-0.15, -0.1) is 34.5 Å². The summed E-state index contributed by atoms with van der Waals surface area (Å²) in [7, 11) is 0. The summed E-state index contributed by atoms with van der Waals surface area (Å²) >= 11 is 0. The molecule has 0 spiro atoms. The molecule has 97 heavy (non-hydrogen) atoms. The fourth-order valence-electron chi connectivity index (χ4n) is 11.9. The minimum absolute atomic E-state index is 0. The first-order valence-corrected chi connectivity index (χ1v) is 39.6. The van der Waals surface area contributed by atoms with Crippen molar-refractivity contribution in [1.29, 1.82) is 0 Å². The van der Waals surface area contributed by atoms with E-state index in [9.17, 15) is 30.6 Å². The maximum absolute atomic E-state index is 11.4. The summed E-state index contributed by atoms with van der Waals surface area (Å²) in [6.07, 6.45) is 60.5. The Balaban J connectivity index is 0.00000114. The first kappa shape index (κ1) is 91.8. The SMILES string of the molecule is CCCCCCCCCc1ccccc1[O-].CCCCCCCCCc1ccccc1[O-].CCCCCCCCCc1ccccc1[O-].CCCCCCCCCc1ccccc1[O-].CCCCCCCCCc1ccccc1[O-].CCCCCCCCCc1ccccc1[O-].[Mo+6]. The average molecular weight is 1410 g/mol. The molecule has 0 aliphatic heterocycles. The summed E-state index contributed by atoms with van der Waals surface area (Å²) in [6.45, 7) is 13.4. The zero-order chi connectivity index (χ0) is 69.8. The van der Waals surface area contributed by atoms with Crippen molar-refractivity contribution < 1.29 is 51.7 Å². The molecule has 0 bridgehead atoms. The molecule has 0 heterocycles. The van der Waals surface area contributed by atoms with E-state index in [1.165, 1.54) is 231 Å². The molecule has 0 atom stereocenters. The number of para-hydroxylation sites is 6. The third-order valence-electron chi connectivity index (χ3n) is 18.1. The van der Waals surface area contributed by atoms with Crippen molar-refractivity contribution in [3.05, 3.63) is 179 Å². The van der Waals surface area contributed by atoms with Crippen LogP contribution in [0.2, 0.25) is 0 Å². The zero-order valence-electron chi connectivity index (χ0n) is 62.7. The first-order valence-electron chi connectivity index (χ1n) is 39.6. The van der Waals surface area contributed by atoms with Gasteiger partial charge in [0.25, 0.3) is 0 Å². The summed E-state index contributed by atoms with van der Waals surface area (Å²) in [4.78, 5) is 0. The molecule has 0 aliphatic carbocycles. The first-order chi connectivity index (χ1) is 47.1. The molecule has 0 fully saturated rings. The Morgan fingerprint density at radius 3 is 0.371 bits per heavy atom. The van der Waals surface area contributed by atoms with Crippen molar-refractivity contribution in [3.8, 4) is 34.5 Å². The molecule has 0 unspecified atom stereocenters. The van der Waals surface area contributed by atoms with Gasteiger partial charge in [0.15, 0.2) is 0 Å². The van der Waals surface area contributed by atoms with E-state index in [1.54, 1.807) is 36.4 Å². The third kappa shape index (κ3) is 54.3. The van der Waals surface area contributed by atoms with Gasteiger partial charge in [0.05, 0.1) is 0 Å². The van der Waals surface area contributed by atoms with Crippen LogP contribution in [-0.4, -0.2) is 0 Å². The standard InChI is InChI=1S/6C15H24O.Mo/c6*1-2-3-4-5-6-7-8-11-14-12-9-10-13-15(14)16;/h6*9-10,12-13,16H,2-8,11H2,1H3;/q;;;;;;+6/p-6. The van der Waals surface area contributed by atoms with Crippen LogP contribution in [0.25, 0.3) is 0 Å². The molecule has 6 nitrogen and oxygen atoms in total. The second-order valence-electron chi connectivity index (χ2n) is 26.9. The van der Waals surface area contributed by atoms with Gasteiger partial charge >= 0.3 is 21.1 Å². The topological polar surface area (TPSA) is 138 Å². The largest absolute Gasteiger partial charge is 6.00 e. The van der Waals surface area contributed by atoms with Gasteiger partial charge in [0.2, 0.25) is 0 Å². The van der Waals surface area contributed by atoms with Crippen molar-refractivity contribution in [1.82, 2.24) is 0 Å². The van der Waals surface area contributed by atoms with Crippen LogP contribution < -0.4 is 30.6 Å². The Hall–Kier alpha value is -5.19. The Morgan fingerprint density at radius 1 is 0.155 bits per heavy atom. The van der Waals surface area contributed by atoms with E-state index in [1.807, 2.05) is 109 Å². The van der Waals surface area contributed by atoms with Crippen LogP contribution in [0.1, 0.15) is 345 Å². The smallest absolute Gasteiger partial charge is 0.872 e. The third-order valence-corrected chi connectivity index (χ3v) is 18.1. The van der Waals surface area contributed by atoms with Crippen molar-refractivity contribution in [2.24, 2.45) is 0 Å². The Bertz CT molecular complexity index is 2150. The molecule has 6 aromatic carbocycles. The van der Waals surface area contributed by atoms with Crippen LogP contribution >= 0.6 is 0 Å². The van der Waals surface area contributed by atoms with E-state index in [4.69, 9.17) is 0 Å². The second-order valence-corrected chi connectivity index (χ2v) is 26.9. The van der Waals surface area contributed by atoms with Gasteiger partial charge in [-0.1, -0.05) is 452 Å². The maximum atomic E-state index is 11.4. The summed E-state index contributed by atoms with van der Waals surface area (Å²) < 4.78 is 0. The Labute approximate surface area is 611 Å². The molecule has 0 amide bonds. The van der Waals surface area contributed by atoms with Crippen molar-refractivity contribution >= 4 is 0 Å². The molecule has 6 aromatic rings. The van der Waals surface area contributed by atoms with Gasteiger partial charge in [-0.2, -0.15) is 0 Å². The minimum atomic E-state index is 0. The molecule has 540 valence electrons. The monoisotopic (exact) mass is 1410 g/mol. The molecule has 0 N–H and O–H groups in total. The number of rotatable bonds is 48. The predicted octanol–water partition coefficient (Wildman–Crippen LogP) is 24.3. The second kappa shape index (κ2) is 69.3. The van der Waals surface area contributed by atoms with E-state index in [0.29, 0.717) is 0 Å². The summed E-state index contributed by atoms with van der Waals surface area (Å²) in [6, 6.07) is 44.4. The van der Waals surface area contributed by atoms with Crippen molar-refractivity contribution in [3.63, 3.8) is 0 Å². The van der Waals surface area contributed by atoms with Gasteiger partial charge in [0, 0.05) is 0 Å². The number of unbranched alkanes of at least 4 members (excludes halogenated alkanes) is 36. The van der Waals surface area contributed by atoms with E-state index in [-0.39, 0.29) is 55.6 Å². The van der Waals surface area contributed by atoms with E-state index in [0.717, 1.165) is 110 Å². The summed E-state index contributed by atoms with van der Waals surface area (Å²) in [5.41, 5.74) is 5.89. The van der Waals surface area contributed by atoms with Crippen LogP contribution in [0, 0.1) is 0 Å². The van der Waals surface area contributed by atoms with E-state index in [2.05, 4.69) is 41.5 Å². The number of aryl methyl sites for hydroxylation is 6. The fourth-order valence-corrected chi connectivity index (χ4v) is 11.9. The Kier molecular flexibility index (Phi) is 65.6. The van der Waals surface area contributed by atoms with Gasteiger partial charge < -0.3 is 30.6 Å². The van der Waals surface area contributed by atoms with Crippen LogP contribution in [0.15, 0.2) is 146 Å². The van der Waals surface area contributed by atoms with Gasteiger partial charge in [-0.3, -0.25) is 0 Å². The molecule has 6 rings (SSSR count). The molecule has 0 aliphatic rings. The zero-order valence-corrected chi connectivity index (χ0v) is 64.7. The predicted molar refractivity (Wildman–Crippen MR) is 406 cm³/mol. The van der Waals surface area contributed by atoms with E-state index < -0.39 is 0 Å². The summed E-state index contributed by atoms with van der Waals surface area (Å²) in [5, 5.41) is 68.5. The molecule has 0 saturated carbocycles. The quantitative estimate of drug-likeness (QED) is 0.0275. The molecule has 0 aromatic heterocycles. The van der Waals surface area contributed by atoms with Gasteiger partial charge in [0.1, 0.15) is 0 Å². The average Bonchev–Trinajstić information content (AvgIpc) is 2.30. The fraction of sp³-hybridized carbons (Fsp3) is 0.600. The van der Waals surface area contributed by atoms with Crippen LogP contribution in [0.4, 0.5) is 0 Å².